The molecule has 0 spiro atoms. The molecule has 9 nitrogen and oxygen atoms in total. The van der Waals surface area contributed by atoms with Crippen molar-refractivity contribution in [2.24, 2.45) is 5.92 Å². The van der Waals surface area contributed by atoms with Gasteiger partial charge in [0.1, 0.15) is 11.8 Å². The van der Waals surface area contributed by atoms with Crippen LogP contribution in [0.1, 0.15) is 31.2 Å². The van der Waals surface area contributed by atoms with E-state index in [1.54, 1.807) is 12.1 Å². The van der Waals surface area contributed by atoms with Crippen LogP contribution in [-0.4, -0.2) is 50.3 Å². The van der Waals surface area contributed by atoms with E-state index in [4.69, 9.17) is 10.2 Å². The first kappa shape index (κ1) is 20.9. The Kier molecular flexibility index (Phi) is 8.07. The smallest absolute Gasteiger partial charge is 0.326 e. The average molecular weight is 367 g/mol. The Hall–Kier alpha value is -3.10. The molecule has 1 amide bonds. The normalized spacial score (nSPS) is 12.8. The van der Waals surface area contributed by atoms with Gasteiger partial charge in [0.25, 0.3) is 0 Å². The first-order valence-electron chi connectivity index (χ1n) is 7.93. The maximum atomic E-state index is 11.9. The first-order chi connectivity index (χ1) is 12.2. The molecule has 0 unspecified atom stereocenters. The Bertz CT molecular complexity index is 655. The third-order valence-corrected chi connectivity index (χ3v) is 3.77. The van der Waals surface area contributed by atoms with Gasteiger partial charge in [-0.15, -0.1) is 0 Å². The van der Waals surface area contributed by atoms with Crippen molar-refractivity contribution in [1.82, 2.24) is 5.32 Å². The van der Waals surface area contributed by atoms with Crippen LogP contribution in [0.25, 0.3) is 0 Å². The number of aromatic hydroxyl groups is 1. The molecule has 0 bridgehead atoms. The number of nitrogens with one attached hydrogen (secondary N) is 1. The number of phenols is 1. The summed E-state index contributed by atoms with van der Waals surface area (Å²) in [7, 11) is 0. The number of phenolic OH excluding ortho intramolecular Hbond substituents is 1. The van der Waals surface area contributed by atoms with Crippen molar-refractivity contribution >= 4 is 23.8 Å². The highest BCUT2D eigenvalue weighted by Crippen LogP contribution is 2.17. The minimum Gasteiger partial charge on any atom is -0.508 e. The minimum absolute atomic E-state index is 0.00663. The molecule has 0 saturated heterocycles. The Balaban J connectivity index is 2.57. The van der Waals surface area contributed by atoms with Gasteiger partial charge in [0.05, 0.1) is 5.92 Å². The van der Waals surface area contributed by atoms with E-state index in [1.807, 2.05) is 0 Å². The van der Waals surface area contributed by atoms with Crippen LogP contribution in [0, 0.1) is 5.92 Å². The summed E-state index contributed by atoms with van der Waals surface area (Å²) in [5, 5.41) is 38.3. The standard InChI is InChI=1S/C17H21NO8/c19-12-4-1-10(2-5-12)9-11(16(23)24)3-7-14(20)18-13(17(25)26)6-8-15(21)22/h1-2,4-5,11,13,19H,3,6-9H2,(H,18,20)(H,21,22)(H,23,24)(H,25,26)/t11-,13+/m0/s1. The Morgan fingerprint density at radius 2 is 1.50 bits per heavy atom. The summed E-state index contributed by atoms with van der Waals surface area (Å²) in [4.78, 5) is 44.8. The summed E-state index contributed by atoms with van der Waals surface area (Å²) in [6, 6.07) is 4.69. The monoisotopic (exact) mass is 367 g/mol. The fraction of sp³-hybridized carbons (Fsp3) is 0.412. The van der Waals surface area contributed by atoms with Gasteiger partial charge < -0.3 is 25.7 Å². The molecule has 1 rings (SSSR count). The number of hydrogen-bond acceptors (Lipinski definition) is 5. The van der Waals surface area contributed by atoms with E-state index in [0.717, 1.165) is 0 Å². The van der Waals surface area contributed by atoms with Crippen LogP contribution >= 0.6 is 0 Å². The SMILES string of the molecule is O=C(O)CC[C@@H](NC(=O)CC[C@@H](Cc1ccc(O)cc1)C(=O)O)C(=O)O. The number of carboxylic acids is 3. The Morgan fingerprint density at radius 1 is 0.885 bits per heavy atom. The van der Waals surface area contributed by atoms with Gasteiger partial charge in [-0.2, -0.15) is 0 Å². The lowest BCUT2D eigenvalue weighted by atomic mass is 9.94. The van der Waals surface area contributed by atoms with Crippen LogP contribution in [0.15, 0.2) is 24.3 Å². The van der Waals surface area contributed by atoms with Crippen LogP contribution in [0.5, 0.6) is 5.75 Å². The molecule has 1 aromatic rings. The number of benzene rings is 1. The molecule has 1 aromatic carbocycles. The number of aliphatic carboxylic acids is 3. The minimum atomic E-state index is -1.35. The van der Waals surface area contributed by atoms with E-state index in [-0.39, 0.29) is 31.4 Å². The molecular formula is C17H21NO8. The maximum absolute atomic E-state index is 11.9. The van der Waals surface area contributed by atoms with Crippen molar-refractivity contribution < 1.29 is 39.6 Å². The number of carbonyl (C=O) groups excluding carboxylic acids is 1. The van der Waals surface area contributed by atoms with Crippen molar-refractivity contribution in [2.45, 2.75) is 38.1 Å². The highest BCUT2D eigenvalue weighted by Gasteiger charge is 2.23. The van der Waals surface area contributed by atoms with Crippen molar-refractivity contribution in [2.75, 3.05) is 0 Å². The lowest BCUT2D eigenvalue weighted by Gasteiger charge is -2.15. The van der Waals surface area contributed by atoms with Crippen LogP contribution in [0.2, 0.25) is 0 Å². The van der Waals surface area contributed by atoms with E-state index in [1.165, 1.54) is 12.1 Å². The number of carboxylic acid groups (broad SMARTS) is 3. The molecule has 0 aliphatic rings. The van der Waals surface area contributed by atoms with Gasteiger partial charge in [-0.1, -0.05) is 12.1 Å². The molecule has 0 aliphatic carbocycles. The van der Waals surface area contributed by atoms with Gasteiger partial charge in [0.15, 0.2) is 0 Å². The van der Waals surface area contributed by atoms with Crippen LogP contribution in [0.3, 0.4) is 0 Å². The number of rotatable bonds is 11. The Morgan fingerprint density at radius 3 is 2.00 bits per heavy atom. The summed E-state index contributed by atoms with van der Waals surface area (Å²) in [6.45, 7) is 0. The number of hydrogen-bond donors (Lipinski definition) is 5. The van der Waals surface area contributed by atoms with Gasteiger partial charge in [-0.05, 0) is 37.0 Å². The van der Waals surface area contributed by atoms with Gasteiger partial charge >= 0.3 is 17.9 Å². The summed E-state index contributed by atoms with van der Waals surface area (Å²) in [5.41, 5.74) is 0.681. The topological polar surface area (TPSA) is 161 Å². The first-order valence-corrected chi connectivity index (χ1v) is 7.93. The number of carbonyl (C=O) groups is 4. The largest absolute Gasteiger partial charge is 0.508 e. The zero-order chi connectivity index (χ0) is 19.7. The predicted octanol–water partition coefficient (Wildman–Crippen LogP) is 0.850. The predicted molar refractivity (Wildman–Crippen MR) is 88.6 cm³/mol. The molecule has 26 heavy (non-hydrogen) atoms. The zero-order valence-corrected chi connectivity index (χ0v) is 13.9. The van der Waals surface area contributed by atoms with Crippen LogP contribution in [-0.2, 0) is 25.6 Å². The lowest BCUT2D eigenvalue weighted by molar-refractivity contribution is -0.144. The van der Waals surface area contributed by atoms with Crippen LogP contribution < -0.4 is 5.32 Å². The second-order valence-electron chi connectivity index (χ2n) is 5.84. The molecule has 5 N–H and O–H groups in total. The highest BCUT2D eigenvalue weighted by atomic mass is 16.4. The lowest BCUT2D eigenvalue weighted by Crippen LogP contribution is -2.41. The molecule has 0 aromatic heterocycles. The summed E-state index contributed by atoms with van der Waals surface area (Å²) < 4.78 is 0. The van der Waals surface area contributed by atoms with Crippen molar-refractivity contribution in [3.63, 3.8) is 0 Å². The van der Waals surface area contributed by atoms with E-state index in [0.29, 0.717) is 5.56 Å². The fourth-order valence-electron chi connectivity index (χ4n) is 2.33. The summed E-state index contributed by atoms with van der Waals surface area (Å²) >= 11 is 0. The fourth-order valence-corrected chi connectivity index (χ4v) is 2.33. The Labute approximate surface area is 149 Å². The van der Waals surface area contributed by atoms with Gasteiger partial charge in [0.2, 0.25) is 5.91 Å². The molecule has 0 heterocycles. The van der Waals surface area contributed by atoms with E-state index in [2.05, 4.69) is 5.32 Å². The quantitative estimate of drug-likeness (QED) is 0.384. The van der Waals surface area contributed by atoms with E-state index in [9.17, 15) is 29.4 Å². The van der Waals surface area contributed by atoms with Gasteiger partial charge in [0, 0.05) is 12.8 Å². The average Bonchev–Trinajstić information content (AvgIpc) is 2.56. The highest BCUT2D eigenvalue weighted by molar-refractivity contribution is 5.84. The molecular weight excluding hydrogens is 346 g/mol. The van der Waals surface area contributed by atoms with Crippen molar-refractivity contribution in [1.29, 1.82) is 0 Å². The molecule has 0 aliphatic heterocycles. The maximum Gasteiger partial charge on any atom is 0.326 e. The molecule has 2 atom stereocenters. The molecule has 142 valence electrons. The van der Waals surface area contributed by atoms with Crippen molar-refractivity contribution in [3.8, 4) is 5.75 Å². The van der Waals surface area contributed by atoms with Gasteiger partial charge in [-0.3, -0.25) is 14.4 Å². The second-order valence-corrected chi connectivity index (χ2v) is 5.84. The third-order valence-electron chi connectivity index (χ3n) is 3.77. The van der Waals surface area contributed by atoms with Crippen molar-refractivity contribution in [3.05, 3.63) is 29.8 Å². The third kappa shape index (κ3) is 7.65. The van der Waals surface area contributed by atoms with E-state index >= 15 is 0 Å². The summed E-state index contributed by atoms with van der Waals surface area (Å²) in [6.07, 6.45) is -0.717. The van der Waals surface area contributed by atoms with Gasteiger partial charge in [-0.25, -0.2) is 4.79 Å². The summed E-state index contributed by atoms with van der Waals surface area (Å²) in [5.74, 6) is -5.07. The second kappa shape index (κ2) is 10.0. The number of amides is 1. The molecule has 9 heteroatoms. The molecule has 0 saturated carbocycles. The van der Waals surface area contributed by atoms with Crippen LogP contribution in [0.4, 0.5) is 0 Å². The molecule has 0 radical (unpaired) electrons. The molecule has 0 fully saturated rings. The van der Waals surface area contributed by atoms with E-state index < -0.39 is 42.2 Å². The zero-order valence-electron chi connectivity index (χ0n) is 13.9.